The molecule has 0 unspecified atom stereocenters. The monoisotopic (exact) mass is 400 g/mol. The molecule has 2 aliphatic rings. The van der Waals surface area contributed by atoms with Gasteiger partial charge in [0.05, 0.1) is 17.6 Å². The van der Waals surface area contributed by atoms with E-state index in [4.69, 9.17) is 9.47 Å². The molecule has 0 radical (unpaired) electrons. The van der Waals surface area contributed by atoms with Gasteiger partial charge in [-0.1, -0.05) is 60.7 Å². The van der Waals surface area contributed by atoms with Crippen molar-refractivity contribution in [1.29, 1.82) is 0 Å². The van der Waals surface area contributed by atoms with Gasteiger partial charge in [0.2, 0.25) is 5.91 Å². The first-order valence-corrected chi connectivity index (χ1v) is 9.86. The van der Waals surface area contributed by atoms with Crippen molar-refractivity contribution < 1.29 is 19.1 Å². The topological polar surface area (TPSA) is 67.9 Å². The number of anilines is 1. The number of rotatable bonds is 4. The highest BCUT2D eigenvalue weighted by Gasteiger charge is 2.51. The van der Waals surface area contributed by atoms with E-state index in [-0.39, 0.29) is 31.0 Å². The predicted octanol–water partition coefficient (Wildman–Crippen LogP) is 4.42. The van der Waals surface area contributed by atoms with Crippen LogP contribution in [0.1, 0.15) is 17.2 Å². The smallest absolute Gasteiger partial charge is 0.407 e. The molecule has 6 heteroatoms. The van der Waals surface area contributed by atoms with Gasteiger partial charge in [-0.2, -0.15) is 0 Å². The predicted molar refractivity (Wildman–Crippen MR) is 111 cm³/mol. The largest absolute Gasteiger partial charge is 0.455 e. The maximum atomic E-state index is 13.0. The van der Waals surface area contributed by atoms with E-state index in [1.165, 1.54) is 0 Å². The van der Waals surface area contributed by atoms with E-state index in [0.29, 0.717) is 5.75 Å². The number of para-hydroxylation sites is 3. The average molecular weight is 400 g/mol. The van der Waals surface area contributed by atoms with Crippen LogP contribution >= 0.6 is 0 Å². The molecule has 2 heterocycles. The number of ether oxygens (including phenoxy) is 2. The van der Waals surface area contributed by atoms with Crippen molar-refractivity contribution in [3.63, 3.8) is 0 Å². The lowest BCUT2D eigenvalue weighted by Crippen LogP contribution is -2.58. The summed E-state index contributed by atoms with van der Waals surface area (Å²) in [6.07, 6.45) is -0.538. The van der Waals surface area contributed by atoms with Crippen LogP contribution in [-0.2, 0) is 16.1 Å². The molecule has 0 bridgehead atoms. The average Bonchev–Trinajstić information content (AvgIpc) is 2.91. The Balaban J connectivity index is 1.32. The molecule has 0 spiro atoms. The lowest BCUT2D eigenvalue weighted by Gasteiger charge is -2.46. The summed E-state index contributed by atoms with van der Waals surface area (Å²) < 4.78 is 11.4. The van der Waals surface area contributed by atoms with Crippen molar-refractivity contribution in [1.82, 2.24) is 5.32 Å². The van der Waals surface area contributed by atoms with Gasteiger partial charge in [-0.25, -0.2) is 4.79 Å². The summed E-state index contributed by atoms with van der Waals surface area (Å²) >= 11 is 0. The van der Waals surface area contributed by atoms with Crippen LogP contribution in [0.25, 0.3) is 0 Å². The van der Waals surface area contributed by atoms with Gasteiger partial charge in [0, 0.05) is 12.1 Å². The first-order chi connectivity index (χ1) is 14.7. The highest BCUT2D eigenvalue weighted by atomic mass is 16.5. The number of carbonyl (C=O) groups excluding carboxylic acids is 2. The molecular formula is C24H20N2O4. The Bertz CT molecular complexity index is 1100. The molecule has 3 aromatic rings. The second kappa shape index (κ2) is 7.55. The van der Waals surface area contributed by atoms with Crippen molar-refractivity contribution in [2.45, 2.75) is 12.6 Å². The van der Waals surface area contributed by atoms with Crippen LogP contribution in [0.4, 0.5) is 10.5 Å². The Morgan fingerprint density at radius 1 is 0.933 bits per heavy atom. The number of benzene rings is 3. The molecule has 3 aromatic carbocycles. The molecular weight excluding hydrogens is 380 g/mol. The second-order valence-corrected chi connectivity index (χ2v) is 7.31. The zero-order valence-corrected chi connectivity index (χ0v) is 16.2. The molecule has 2 amide bonds. The van der Waals surface area contributed by atoms with E-state index in [9.17, 15) is 9.59 Å². The first kappa shape index (κ1) is 18.2. The molecule has 2 atom stereocenters. The highest BCUT2D eigenvalue weighted by molar-refractivity contribution is 6.05. The Morgan fingerprint density at radius 2 is 1.63 bits per heavy atom. The van der Waals surface area contributed by atoms with E-state index >= 15 is 0 Å². The van der Waals surface area contributed by atoms with Gasteiger partial charge >= 0.3 is 6.09 Å². The Hall–Kier alpha value is -3.80. The second-order valence-electron chi connectivity index (χ2n) is 7.31. The van der Waals surface area contributed by atoms with Crippen LogP contribution in [0.15, 0.2) is 78.9 Å². The molecule has 2 aliphatic heterocycles. The van der Waals surface area contributed by atoms with Crippen LogP contribution in [0, 0.1) is 5.92 Å². The summed E-state index contributed by atoms with van der Waals surface area (Å²) in [5, 5.41) is 2.74. The van der Waals surface area contributed by atoms with Gasteiger partial charge in [-0.05, 0) is 23.8 Å². The SMILES string of the molecule is O=C(NC[C@@H]1C(=O)N2c3ccccc3Oc3ccccc3[C@@H]12)OCc1ccccc1. The highest BCUT2D eigenvalue weighted by Crippen LogP contribution is 2.52. The third kappa shape index (κ3) is 3.16. The maximum absolute atomic E-state index is 13.0. The van der Waals surface area contributed by atoms with E-state index in [1.54, 1.807) is 4.90 Å². The minimum Gasteiger partial charge on any atom is -0.455 e. The Kier molecular flexibility index (Phi) is 4.59. The summed E-state index contributed by atoms with van der Waals surface area (Å²) in [7, 11) is 0. The Morgan fingerprint density at radius 3 is 2.47 bits per heavy atom. The number of nitrogens with one attached hydrogen (secondary N) is 1. The van der Waals surface area contributed by atoms with Gasteiger partial charge in [-0.3, -0.25) is 9.69 Å². The van der Waals surface area contributed by atoms with Gasteiger partial charge in [0.1, 0.15) is 12.4 Å². The number of β-lactam (4-membered cyclic amide) rings is 1. The van der Waals surface area contributed by atoms with Crippen molar-refractivity contribution in [2.24, 2.45) is 5.92 Å². The summed E-state index contributed by atoms with van der Waals surface area (Å²) in [5.74, 6) is 0.942. The standard InChI is InChI=1S/C24H20N2O4/c27-23-18(14-25-24(28)29-15-16-8-2-1-3-9-16)22-17-10-4-6-12-20(17)30-21-13-7-5-11-19(21)26(22)23/h1-13,18,22H,14-15H2,(H,25,28)/t18-,22-/m0/s1. The minimum atomic E-state index is -0.538. The number of fused-ring (bicyclic) bond motifs is 5. The van der Waals surface area contributed by atoms with Crippen LogP contribution in [-0.4, -0.2) is 18.5 Å². The first-order valence-electron chi connectivity index (χ1n) is 9.86. The summed E-state index contributed by atoms with van der Waals surface area (Å²) in [6.45, 7) is 0.384. The van der Waals surface area contributed by atoms with Gasteiger partial charge < -0.3 is 14.8 Å². The third-order valence-corrected chi connectivity index (χ3v) is 5.48. The lowest BCUT2D eigenvalue weighted by molar-refractivity contribution is -0.130. The van der Waals surface area contributed by atoms with Crippen molar-refractivity contribution in [2.75, 3.05) is 11.4 Å². The number of carbonyl (C=O) groups is 2. The Labute approximate surface area is 174 Å². The van der Waals surface area contributed by atoms with Crippen molar-refractivity contribution >= 4 is 17.7 Å². The van der Waals surface area contributed by atoms with Crippen LogP contribution in [0.3, 0.4) is 0 Å². The molecule has 6 nitrogen and oxygen atoms in total. The molecule has 5 rings (SSSR count). The fraction of sp³-hybridized carbons (Fsp3) is 0.167. The van der Waals surface area contributed by atoms with E-state index in [1.807, 2.05) is 78.9 Å². The van der Waals surface area contributed by atoms with Crippen molar-refractivity contribution in [3.8, 4) is 11.5 Å². The zero-order valence-electron chi connectivity index (χ0n) is 16.2. The number of hydrogen-bond acceptors (Lipinski definition) is 4. The molecule has 0 aliphatic carbocycles. The van der Waals surface area contributed by atoms with E-state index < -0.39 is 6.09 Å². The van der Waals surface area contributed by atoms with Crippen LogP contribution < -0.4 is 15.0 Å². The number of hydrogen-bond donors (Lipinski definition) is 1. The molecule has 30 heavy (non-hydrogen) atoms. The molecule has 150 valence electrons. The van der Waals surface area contributed by atoms with Gasteiger partial charge in [0.25, 0.3) is 0 Å². The molecule has 0 saturated carbocycles. The van der Waals surface area contributed by atoms with Crippen molar-refractivity contribution in [3.05, 3.63) is 90.0 Å². The van der Waals surface area contributed by atoms with E-state index in [2.05, 4.69) is 5.32 Å². The number of alkyl carbamates (subject to hydrolysis) is 1. The fourth-order valence-electron chi connectivity index (χ4n) is 4.02. The van der Waals surface area contributed by atoms with Gasteiger partial charge in [0.15, 0.2) is 5.75 Å². The summed E-state index contributed by atoms with van der Waals surface area (Å²) in [6, 6.07) is 24.5. The fourth-order valence-corrected chi connectivity index (χ4v) is 4.02. The normalized spacial score (nSPS) is 18.7. The number of amides is 2. The quantitative estimate of drug-likeness (QED) is 0.658. The summed E-state index contributed by atoms with van der Waals surface area (Å²) in [4.78, 5) is 26.9. The third-order valence-electron chi connectivity index (χ3n) is 5.48. The minimum absolute atomic E-state index is 0.0453. The molecule has 1 saturated heterocycles. The van der Waals surface area contributed by atoms with E-state index in [0.717, 1.165) is 22.6 Å². The molecule has 1 N–H and O–H groups in total. The van der Waals surface area contributed by atoms with Crippen LogP contribution in [0.2, 0.25) is 0 Å². The lowest BCUT2D eigenvalue weighted by atomic mass is 9.81. The summed E-state index contributed by atoms with van der Waals surface area (Å²) in [5.41, 5.74) is 2.58. The molecule has 1 fully saturated rings. The maximum Gasteiger partial charge on any atom is 0.407 e. The van der Waals surface area contributed by atoms with Crippen LogP contribution in [0.5, 0.6) is 11.5 Å². The molecule has 0 aromatic heterocycles. The number of nitrogens with zero attached hydrogens (tertiary/aromatic N) is 1. The van der Waals surface area contributed by atoms with Gasteiger partial charge in [-0.15, -0.1) is 0 Å². The zero-order chi connectivity index (χ0) is 20.5.